The lowest BCUT2D eigenvalue weighted by Crippen LogP contribution is -2.37. The Morgan fingerprint density at radius 3 is 2.86 bits per heavy atom. The Morgan fingerprint density at radius 2 is 2.11 bits per heavy atom. The quantitative estimate of drug-likeness (QED) is 0.484. The van der Waals surface area contributed by atoms with Gasteiger partial charge in [-0.2, -0.15) is 10.1 Å². The molecular weight excluding hydrogens is 366 g/mol. The van der Waals surface area contributed by atoms with Crippen LogP contribution in [0.2, 0.25) is 0 Å². The van der Waals surface area contributed by atoms with Crippen molar-refractivity contribution in [3.63, 3.8) is 0 Å². The van der Waals surface area contributed by atoms with Crippen LogP contribution in [0.15, 0.2) is 29.4 Å². The van der Waals surface area contributed by atoms with Gasteiger partial charge in [-0.25, -0.2) is 10.4 Å². The molecule has 0 radical (unpaired) electrons. The number of rotatable bonds is 6. The van der Waals surface area contributed by atoms with Crippen molar-refractivity contribution in [2.75, 3.05) is 37.8 Å². The molecule has 1 aliphatic heterocycles. The summed E-state index contributed by atoms with van der Waals surface area (Å²) in [5, 5.41) is 22.6. The van der Waals surface area contributed by atoms with Gasteiger partial charge in [0, 0.05) is 36.5 Å². The second kappa shape index (κ2) is 9.00. The Hall–Kier alpha value is -3.40. The van der Waals surface area contributed by atoms with Crippen molar-refractivity contribution in [3.8, 4) is 17.4 Å². The minimum absolute atomic E-state index is 0.0660. The van der Waals surface area contributed by atoms with Crippen LogP contribution < -0.4 is 15.1 Å². The van der Waals surface area contributed by atoms with E-state index in [1.54, 1.807) is 6.07 Å². The number of aromatic hydroxyl groups is 2. The molecule has 28 heavy (non-hydrogen) atoms. The normalized spacial score (nSPS) is 14.2. The number of hydrogen-bond donors (Lipinski definition) is 3. The van der Waals surface area contributed by atoms with Crippen LogP contribution in [0.25, 0.3) is 0 Å². The standard InChI is InChI=1S/C18H21N5O5/c1-12-8-17(21-18(20-12)23-4-6-27-7-5-23)28-11-16(26)22-19-10-13-2-3-14(24)9-15(13)25/h2-3,8-10,24-25H,4-7,11H2,1H3,(H,22,26). The zero-order valence-corrected chi connectivity index (χ0v) is 15.3. The molecular formula is C18H21N5O5. The van der Waals surface area contributed by atoms with Gasteiger partial charge >= 0.3 is 0 Å². The Bertz CT molecular complexity index is 867. The molecule has 0 bridgehead atoms. The van der Waals surface area contributed by atoms with Gasteiger partial charge in [0.15, 0.2) is 6.61 Å². The number of morpholine rings is 1. The highest BCUT2D eigenvalue weighted by Gasteiger charge is 2.15. The maximum Gasteiger partial charge on any atom is 0.278 e. The number of hydrazone groups is 1. The lowest BCUT2D eigenvalue weighted by Gasteiger charge is -2.27. The number of phenolic OH excluding ortho intramolecular Hbond substituents is 2. The third-order valence-electron chi connectivity index (χ3n) is 3.87. The highest BCUT2D eigenvalue weighted by Crippen LogP contribution is 2.20. The molecule has 0 atom stereocenters. The highest BCUT2D eigenvalue weighted by molar-refractivity contribution is 5.85. The summed E-state index contributed by atoms with van der Waals surface area (Å²) in [5.41, 5.74) is 3.37. The molecule has 0 spiro atoms. The van der Waals surface area contributed by atoms with E-state index in [2.05, 4.69) is 20.5 Å². The smallest absolute Gasteiger partial charge is 0.278 e. The topological polar surface area (TPSA) is 129 Å². The fraction of sp³-hybridized carbons (Fsp3) is 0.333. The lowest BCUT2D eigenvalue weighted by molar-refractivity contribution is -0.123. The van der Waals surface area contributed by atoms with Crippen LogP contribution in [0.4, 0.5) is 5.95 Å². The van der Waals surface area contributed by atoms with E-state index in [4.69, 9.17) is 9.47 Å². The molecule has 0 aliphatic carbocycles. The Morgan fingerprint density at radius 1 is 1.32 bits per heavy atom. The Labute approximate surface area is 161 Å². The van der Waals surface area contributed by atoms with Gasteiger partial charge in [0.05, 0.1) is 19.4 Å². The summed E-state index contributed by atoms with van der Waals surface area (Å²) in [6, 6.07) is 5.69. The van der Waals surface area contributed by atoms with Gasteiger partial charge < -0.3 is 24.6 Å². The predicted molar refractivity (Wildman–Crippen MR) is 101 cm³/mol. The van der Waals surface area contributed by atoms with Crippen LogP contribution in [-0.4, -0.2) is 65.2 Å². The average Bonchev–Trinajstić information content (AvgIpc) is 2.68. The molecule has 3 rings (SSSR count). The molecule has 1 amide bonds. The van der Waals surface area contributed by atoms with E-state index in [1.807, 2.05) is 11.8 Å². The summed E-state index contributed by atoms with van der Waals surface area (Å²) in [7, 11) is 0. The van der Waals surface area contributed by atoms with Gasteiger partial charge in [0.2, 0.25) is 11.8 Å². The molecule has 148 valence electrons. The maximum absolute atomic E-state index is 11.9. The molecule has 1 aromatic heterocycles. The Balaban J connectivity index is 1.54. The third kappa shape index (κ3) is 5.30. The molecule has 1 aromatic carbocycles. The molecule has 0 unspecified atom stereocenters. The largest absolute Gasteiger partial charge is 0.508 e. The molecule has 10 nitrogen and oxygen atoms in total. The first-order valence-corrected chi connectivity index (χ1v) is 8.66. The van der Waals surface area contributed by atoms with E-state index in [9.17, 15) is 15.0 Å². The summed E-state index contributed by atoms with van der Waals surface area (Å²) < 4.78 is 10.8. The number of amides is 1. The minimum atomic E-state index is -0.487. The number of benzene rings is 1. The van der Waals surface area contributed by atoms with Crippen molar-refractivity contribution in [2.45, 2.75) is 6.92 Å². The van der Waals surface area contributed by atoms with Crippen LogP contribution >= 0.6 is 0 Å². The fourth-order valence-corrected chi connectivity index (χ4v) is 2.49. The first-order valence-electron chi connectivity index (χ1n) is 8.66. The van der Waals surface area contributed by atoms with E-state index >= 15 is 0 Å². The summed E-state index contributed by atoms with van der Waals surface area (Å²) in [5.74, 6) is 0.132. The van der Waals surface area contributed by atoms with Crippen molar-refractivity contribution in [3.05, 3.63) is 35.5 Å². The SMILES string of the molecule is Cc1cc(OCC(=O)NN=Cc2ccc(O)cc2O)nc(N2CCOCC2)n1. The molecule has 1 saturated heterocycles. The molecule has 2 heterocycles. The number of hydrogen-bond acceptors (Lipinski definition) is 9. The zero-order chi connectivity index (χ0) is 19.9. The Kier molecular flexibility index (Phi) is 6.22. The van der Waals surface area contributed by atoms with Gasteiger partial charge in [0.1, 0.15) is 11.5 Å². The lowest BCUT2D eigenvalue weighted by atomic mass is 10.2. The number of ether oxygens (including phenoxy) is 2. The minimum Gasteiger partial charge on any atom is -0.508 e. The van der Waals surface area contributed by atoms with Crippen LogP contribution in [0, 0.1) is 6.92 Å². The number of carbonyl (C=O) groups is 1. The summed E-state index contributed by atoms with van der Waals surface area (Å²) >= 11 is 0. The van der Waals surface area contributed by atoms with Crippen LogP contribution in [-0.2, 0) is 9.53 Å². The van der Waals surface area contributed by atoms with Gasteiger partial charge in [-0.1, -0.05) is 0 Å². The second-order valence-electron chi connectivity index (χ2n) is 6.07. The van der Waals surface area contributed by atoms with Gasteiger partial charge in [0.25, 0.3) is 5.91 Å². The number of aryl methyl sites for hydroxylation is 1. The van der Waals surface area contributed by atoms with E-state index in [0.717, 1.165) is 5.69 Å². The number of anilines is 1. The van der Waals surface area contributed by atoms with Crippen LogP contribution in [0.3, 0.4) is 0 Å². The predicted octanol–water partition coefficient (Wildman–Crippen LogP) is 0.562. The molecule has 3 N–H and O–H groups in total. The van der Waals surface area contributed by atoms with Crippen molar-refractivity contribution in [1.29, 1.82) is 0 Å². The number of nitrogens with one attached hydrogen (secondary N) is 1. The number of aromatic nitrogens is 2. The number of phenols is 2. The van der Waals surface area contributed by atoms with Gasteiger partial charge in [-0.15, -0.1) is 0 Å². The summed E-state index contributed by atoms with van der Waals surface area (Å²) in [4.78, 5) is 22.6. The van der Waals surface area contributed by atoms with Gasteiger partial charge in [-0.05, 0) is 19.1 Å². The summed E-state index contributed by atoms with van der Waals surface area (Å²) in [6.07, 6.45) is 1.26. The third-order valence-corrected chi connectivity index (χ3v) is 3.87. The van der Waals surface area contributed by atoms with E-state index in [-0.39, 0.29) is 18.1 Å². The molecule has 1 aliphatic rings. The molecule has 0 saturated carbocycles. The summed E-state index contributed by atoms with van der Waals surface area (Å²) in [6.45, 7) is 4.17. The average molecular weight is 387 g/mol. The van der Waals surface area contributed by atoms with Crippen molar-refractivity contribution in [1.82, 2.24) is 15.4 Å². The van der Waals surface area contributed by atoms with Crippen molar-refractivity contribution in [2.24, 2.45) is 5.10 Å². The number of nitrogens with zero attached hydrogens (tertiary/aromatic N) is 4. The number of carbonyl (C=O) groups excluding carboxylic acids is 1. The van der Waals surface area contributed by atoms with E-state index < -0.39 is 5.91 Å². The van der Waals surface area contributed by atoms with E-state index in [1.165, 1.54) is 24.4 Å². The monoisotopic (exact) mass is 387 g/mol. The first kappa shape index (κ1) is 19.4. The first-order chi connectivity index (χ1) is 13.5. The van der Waals surface area contributed by atoms with Crippen LogP contribution in [0.1, 0.15) is 11.3 Å². The molecule has 10 heteroatoms. The van der Waals surface area contributed by atoms with E-state index in [0.29, 0.717) is 43.7 Å². The van der Waals surface area contributed by atoms with Crippen molar-refractivity contribution >= 4 is 18.1 Å². The van der Waals surface area contributed by atoms with Gasteiger partial charge in [-0.3, -0.25) is 4.79 Å². The highest BCUT2D eigenvalue weighted by atomic mass is 16.5. The van der Waals surface area contributed by atoms with Crippen LogP contribution in [0.5, 0.6) is 17.4 Å². The second-order valence-corrected chi connectivity index (χ2v) is 6.07. The fourth-order valence-electron chi connectivity index (χ4n) is 2.49. The zero-order valence-electron chi connectivity index (χ0n) is 15.3. The van der Waals surface area contributed by atoms with Crippen molar-refractivity contribution < 1.29 is 24.5 Å². The molecule has 1 fully saturated rings. The maximum atomic E-state index is 11.9. The molecule has 2 aromatic rings.